The second-order valence-corrected chi connectivity index (χ2v) is 3.82. The van der Waals surface area contributed by atoms with E-state index >= 15 is 0 Å². The number of rotatable bonds is 8. The maximum Gasteiger partial charge on any atom is 0.258 e. The van der Waals surface area contributed by atoms with Gasteiger partial charge in [-0.05, 0) is 12.1 Å². The first-order chi connectivity index (χ1) is 9.20. The van der Waals surface area contributed by atoms with Crippen LogP contribution in [-0.4, -0.2) is 46.4 Å². The number of benzene rings is 1. The number of carbonyl (C=O) groups is 1. The zero-order valence-corrected chi connectivity index (χ0v) is 11.2. The van der Waals surface area contributed by atoms with Crippen LogP contribution in [0.25, 0.3) is 0 Å². The van der Waals surface area contributed by atoms with Crippen LogP contribution in [0.4, 0.5) is 4.39 Å². The van der Waals surface area contributed by atoms with Gasteiger partial charge in [0.1, 0.15) is 17.1 Å². The fraction of sp³-hybridized carbons (Fsp3) is 0.462. The van der Waals surface area contributed by atoms with Crippen LogP contribution in [-0.2, 0) is 4.74 Å². The first-order valence-electron chi connectivity index (χ1n) is 6.01. The highest BCUT2D eigenvalue weighted by Gasteiger charge is 2.16. The number of hydrogen-bond acceptors (Lipinski definition) is 4. The van der Waals surface area contributed by atoms with Crippen molar-refractivity contribution in [2.45, 2.75) is 0 Å². The summed E-state index contributed by atoms with van der Waals surface area (Å²) in [5.74, 6) is -0.850. The van der Waals surface area contributed by atoms with Gasteiger partial charge in [-0.25, -0.2) is 4.39 Å². The molecule has 0 saturated carbocycles. The standard InChI is InChI=1S/C13H19FN2O3/c1-18-9-8-15-6-7-16-13(17)12-10(14)4-3-5-11(12)19-2/h3-5,15H,6-9H2,1-2H3,(H,16,17). The average Bonchev–Trinajstić information content (AvgIpc) is 2.42. The summed E-state index contributed by atoms with van der Waals surface area (Å²) in [5, 5.41) is 5.70. The van der Waals surface area contributed by atoms with Crippen molar-refractivity contribution in [1.29, 1.82) is 0 Å². The average molecular weight is 270 g/mol. The Kier molecular flexibility index (Phi) is 6.84. The quantitative estimate of drug-likeness (QED) is 0.686. The molecule has 19 heavy (non-hydrogen) atoms. The van der Waals surface area contributed by atoms with Crippen molar-refractivity contribution in [2.24, 2.45) is 0 Å². The maximum atomic E-state index is 13.6. The van der Waals surface area contributed by atoms with E-state index in [1.54, 1.807) is 13.2 Å². The van der Waals surface area contributed by atoms with Gasteiger partial charge in [-0.3, -0.25) is 4.79 Å². The maximum absolute atomic E-state index is 13.6. The SMILES string of the molecule is COCCNCCNC(=O)c1c(F)cccc1OC. The predicted octanol–water partition coefficient (Wildman–Crippen LogP) is 0.800. The molecule has 0 aromatic heterocycles. The van der Waals surface area contributed by atoms with Crippen molar-refractivity contribution < 1.29 is 18.7 Å². The van der Waals surface area contributed by atoms with Gasteiger partial charge in [0.25, 0.3) is 5.91 Å². The Morgan fingerprint density at radius 3 is 2.74 bits per heavy atom. The molecule has 1 amide bonds. The molecule has 0 aliphatic carbocycles. The van der Waals surface area contributed by atoms with E-state index in [9.17, 15) is 9.18 Å². The molecule has 0 aliphatic rings. The van der Waals surface area contributed by atoms with Crippen LogP contribution in [0.1, 0.15) is 10.4 Å². The lowest BCUT2D eigenvalue weighted by Gasteiger charge is -2.10. The van der Waals surface area contributed by atoms with Crippen molar-refractivity contribution >= 4 is 5.91 Å². The Morgan fingerprint density at radius 2 is 2.05 bits per heavy atom. The number of carbonyl (C=O) groups excluding carboxylic acids is 1. The molecule has 1 aromatic rings. The van der Waals surface area contributed by atoms with Crippen LogP contribution >= 0.6 is 0 Å². The Morgan fingerprint density at radius 1 is 1.26 bits per heavy atom. The molecule has 0 unspecified atom stereocenters. The lowest BCUT2D eigenvalue weighted by molar-refractivity contribution is 0.0946. The van der Waals surface area contributed by atoms with Crippen LogP contribution in [0, 0.1) is 5.82 Å². The van der Waals surface area contributed by atoms with Crippen LogP contribution in [0.15, 0.2) is 18.2 Å². The summed E-state index contributed by atoms with van der Waals surface area (Å²) in [5.41, 5.74) is -0.0677. The highest BCUT2D eigenvalue weighted by molar-refractivity contribution is 5.97. The molecular weight excluding hydrogens is 251 g/mol. The zero-order chi connectivity index (χ0) is 14.1. The van der Waals surface area contributed by atoms with E-state index in [-0.39, 0.29) is 11.3 Å². The van der Waals surface area contributed by atoms with Gasteiger partial charge >= 0.3 is 0 Å². The van der Waals surface area contributed by atoms with Crippen LogP contribution in [0.2, 0.25) is 0 Å². The highest BCUT2D eigenvalue weighted by Crippen LogP contribution is 2.20. The smallest absolute Gasteiger partial charge is 0.258 e. The molecule has 2 N–H and O–H groups in total. The molecule has 0 heterocycles. The lowest BCUT2D eigenvalue weighted by Crippen LogP contribution is -2.33. The summed E-state index contributed by atoms with van der Waals surface area (Å²) in [4.78, 5) is 11.9. The van der Waals surface area contributed by atoms with Crippen molar-refractivity contribution in [3.63, 3.8) is 0 Å². The molecule has 6 heteroatoms. The minimum Gasteiger partial charge on any atom is -0.496 e. The van der Waals surface area contributed by atoms with Crippen LogP contribution < -0.4 is 15.4 Å². The predicted molar refractivity (Wildman–Crippen MR) is 70.0 cm³/mol. The van der Waals surface area contributed by atoms with Gasteiger partial charge in [0.2, 0.25) is 0 Å². The highest BCUT2D eigenvalue weighted by atomic mass is 19.1. The molecule has 1 aromatic carbocycles. The minimum atomic E-state index is -0.593. The molecule has 0 spiro atoms. The fourth-order valence-electron chi connectivity index (χ4n) is 1.55. The molecule has 0 bridgehead atoms. The van der Waals surface area contributed by atoms with Gasteiger partial charge in [0.15, 0.2) is 0 Å². The van der Waals surface area contributed by atoms with Crippen molar-refractivity contribution in [1.82, 2.24) is 10.6 Å². The van der Waals surface area contributed by atoms with Gasteiger partial charge in [0.05, 0.1) is 13.7 Å². The van der Waals surface area contributed by atoms with E-state index < -0.39 is 11.7 Å². The Balaban J connectivity index is 2.45. The van der Waals surface area contributed by atoms with Crippen molar-refractivity contribution in [3.8, 4) is 5.75 Å². The first-order valence-corrected chi connectivity index (χ1v) is 6.01. The summed E-state index contributed by atoms with van der Waals surface area (Å²) in [6.45, 7) is 2.30. The number of hydrogen-bond donors (Lipinski definition) is 2. The van der Waals surface area contributed by atoms with E-state index in [0.29, 0.717) is 26.2 Å². The van der Waals surface area contributed by atoms with Crippen LogP contribution in [0.5, 0.6) is 5.75 Å². The Bertz CT molecular complexity index is 413. The fourth-order valence-corrected chi connectivity index (χ4v) is 1.55. The molecule has 0 aliphatic heterocycles. The summed E-state index contributed by atoms with van der Waals surface area (Å²) in [6.07, 6.45) is 0. The number of ether oxygens (including phenoxy) is 2. The minimum absolute atomic E-state index is 0.0677. The second kappa shape index (κ2) is 8.44. The number of methoxy groups -OCH3 is 2. The van der Waals surface area contributed by atoms with Crippen molar-refractivity contribution in [3.05, 3.63) is 29.6 Å². The third-order valence-corrected chi connectivity index (χ3v) is 2.49. The van der Waals surface area contributed by atoms with E-state index in [4.69, 9.17) is 9.47 Å². The van der Waals surface area contributed by atoms with Gasteiger partial charge in [-0.15, -0.1) is 0 Å². The van der Waals surface area contributed by atoms with Gasteiger partial charge in [-0.1, -0.05) is 6.07 Å². The van der Waals surface area contributed by atoms with E-state index in [1.165, 1.54) is 19.2 Å². The molecule has 106 valence electrons. The topological polar surface area (TPSA) is 59.6 Å². The molecule has 1 rings (SSSR count). The largest absolute Gasteiger partial charge is 0.496 e. The molecular formula is C13H19FN2O3. The third kappa shape index (κ3) is 4.84. The van der Waals surface area contributed by atoms with E-state index in [2.05, 4.69) is 10.6 Å². The van der Waals surface area contributed by atoms with Crippen molar-refractivity contribution in [2.75, 3.05) is 40.5 Å². The monoisotopic (exact) mass is 270 g/mol. The Labute approximate surface area is 112 Å². The third-order valence-electron chi connectivity index (χ3n) is 2.49. The number of nitrogens with one attached hydrogen (secondary N) is 2. The molecule has 0 radical (unpaired) electrons. The normalized spacial score (nSPS) is 10.3. The van der Waals surface area contributed by atoms with Crippen LogP contribution in [0.3, 0.4) is 0 Å². The van der Waals surface area contributed by atoms with Gasteiger partial charge in [-0.2, -0.15) is 0 Å². The first kappa shape index (κ1) is 15.4. The zero-order valence-electron chi connectivity index (χ0n) is 11.2. The summed E-state index contributed by atoms with van der Waals surface area (Å²) < 4.78 is 23.4. The Hall–Kier alpha value is -1.66. The summed E-state index contributed by atoms with van der Waals surface area (Å²) in [6, 6.07) is 4.28. The number of halogens is 1. The summed E-state index contributed by atoms with van der Waals surface area (Å²) >= 11 is 0. The van der Waals surface area contributed by atoms with E-state index in [0.717, 1.165) is 0 Å². The summed E-state index contributed by atoms with van der Waals surface area (Å²) in [7, 11) is 3.02. The molecule has 0 fully saturated rings. The molecule has 0 saturated heterocycles. The van der Waals surface area contributed by atoms with Gasteiger partial charge < -0.3 is 20.1 Å². The second-order valence-electron chi connectivity index (χ2n) is 3.82. The lowest BCUT2D eigenvalue weighted by atomic mass is 10.1. The van der Waals surface area contributed by atoms with E-state index in [1.807, 2.05) is 0 Å². The molecule has 5 nitrogen and oxygen atoms in total. The molecule has 0 atom stereocenters. The van der Waals surface area contributed by atoms with Gasteiger partial charge in [0, 0.05) is 26.7 Å². The number of amides is 1.